The smallest absolute Gasteiger partial charge is 0.231 e. The predicted octanol–water partition coefficient (Wildman–Crippen LogP) is 4.02. The molecule has 0 N–H and O–H groups in total. The van der Waals surface area contributed by atoms with Gasteiger partial charge in [0.2, 0.25) is 11.9 Å². The second kappa shape index (κ2) is 6.33. The van der Waals surface area contributed by atoms with Gasteiger partial charge in [0.1, 0.15) is 6.33 Å². The van der Waals surface area contributed by atoms with Crippen LogP contribution in [0.1, 0.15) is 36.6 Å². The summed E-state index contributed by atoms with van der Waals surface area (Å²) >= 11 is 6.03. The second-order valence-corrected chi connectivity index (χ2v) is 6.56. The van der Waals surface area contributed by atoms with Crippen LogP contribution in [-0.4, -0.2) is 20.7 Å². The first-order valence-electron chi connectivity index (χ1n) is 8.15. The number of hydrogen-bond donors (Lipinski definition) is 0. The van der Waals surface area contributed by atoms with Gasteiger partial charge in [0.25, 0.3) is 0 Å². The number of amides is 1. The Kier molecular flexibility index (Phi) is 4.01. The van der Waals surface area contributed by atoms with Gasteiger partial charge in [0, 0.05) is 11.9 Å². The Bertz CT molecular complexity index is 891. The van der Waals surface area contributed by atoms with Crippen molar-refractivity contribution in [3.05, 3.63) is 77.1 Å². The fraction of sp³-hybridized carbons (Fsp3) is 0.211. The second-order valence-electron chi connectivity index (χ2n) is 6.12. The summed E-state index contributed by atoms with van der Waals surface area (Å²) in [5.41, 5.74) is 2.19. The zero-order valence-corrected chi connectivity index (χ0v) is 14.5. The minimum atomic E-state index is -0.0870. The molecule has 126 valence electrons. The predicted molar refractivity (Wildman–Crippen MR) is 96.6 cm³/mol. The first-order chi connectivity index (χ1) is 12.1. The number of carbonyl (C=O) groups excluding carboxylic acids is 1. The summed E-state index contributed by atoms with van der Waals surface area (Å²) < 4.78 is 1.82. The molecule has 2 heterocycles. The molecule has 2 aromatic carbocycles. The zero-order valence-electron chi connectivity index (χ0n) is 13.7. The highest BCUT2D eigenvalue weighted by atomic mass is 35.5. The third-order valence-corrected chi connectivity index (χ3v) is 4.85. The fourth-order valence-corrected chi connectivity index (χ4v) is 3.60. The van der Waals surface area contributed by atoms with E-state index in [0.29, 0.717) is 11.0 Å². The maximum Gasteiger partial charge on any atom is 0.231 e. The Morgan fingerprint density at radius 3 is 2.40 bits per heavy atom. The zero-order chi connectivity index (χ0) is 17.4. The number of benzene rings is 2. The van der Waals surface area contributed by atoms with E-state index in [0.717, 1.165) is 17.5 Å². The number of carbonyl (C=O) groups is 1. The molecular formula is C19H17ClN4O. The lowest BCUT2D eigenvalue weighted by Gasteiger charge is -2.38. The minimum absolute atomic E-state index is 0.00410. The van der Waals surface area contributed by atoms with E-state index in [4.69, 9.17) is 11.6 Å². The van der Waals surface area contributed by atoms with Gasteiger partial charge in [-0.1, -0.05) is 54.1 Å². The molecule has 3 aromatic rings. The van der Waals surface area contributed by atoms with Crippen LogP contribution in [0.25, 0.3) is 0 Å². The number of halogens is 1. The number of anilines is 1. The number of aromatic nitrogens is 3. The maximum atomic E-state index is 12.4. The van der Waals surface area contributed by atoms with E-state index in [1.165, 1.54) is 6.33 Å². The summed E-state index contributed by atoms with van der Waals surface area (Å²) in [5.74, 6) is 0.533. The van der Waals surface area contributed by atoms with Crippen LogP contribution in [0.5, 0.6) is 0 Å². The molecule has 0 unspecified atom stereocenters. The first-order valence-corrected chi connectivity index (χ1v) is 8.52. The summed E-state index contributed by atoms with van der Waals surface area (Å²) in [6.07, 6.45) is 2.23. The summed E-state index contributed by atoms with van der Waals surface area (Å²) in [5, 5.41) is 5.07. The van der Waals surface area contributed by atoms with Crippen LogP contribution in [0.4, 0.5) is 5.95 Å². The van der Waals surface area contributed by atoms with Gasteiger partial charge in [-0.25, -0.2) is 4.68 Å². The summed E-state index contributed by atoms with van der Waals surface area (Å²) in [6, 6.07) is 17.7. The SMILES string of the molecule is CC(=O)N1c2ncnn2[C@@H](c2ccc(Cl)cc2)C[C@@H]1c1ccccc1. The number of hydrogen-bond acceptors (Lipinski definition) is 3. The standard InChI is InChI=1S/C19H17ClN4O/c1-13(25)23-17(14-5-3-2-4-6-14)11-18(24-19(23)21-12-22-24)15-7-9-16(20)10-8-15/h2-10,12,17-18H,11H2,1H3/t17-,18-/m1/s1. The van der Waals surface area contributed by atoms with Crippen LogP contribution < -0.4 is 4.90 Å². The third-order valence-electron chi connectivity index (χ3n) is 4.60. The molecule has 6 heteroatoms. The van der Waals surface area contributed by atoms with Crippen molar-refractivity contribution in [2.24, 2.45) is 0 Å². The summed E-state index contributed by atoms with van der Waals surface area (Å²) in [7, 11) is 0. The molecule has 0 bridgehead atoms. The molecule has 2 atom stereocenters. The molecule has 1 aliphatic heterocycles. The summed E-state index contributed by atoms with van der Waals surface area (Å²) in [6.45, 7) is 1.57. The molecule has 25 heavy (non-hydrogen) atoms. The van der Waals surface area contributed by atoms with Crippen LogP contribution in [0.15, 0.2) is 60.9 Å². The van der Waals surface area contributed by atoms with Crippen molar-refractivity contribution in [1.29, 1.82) is 0 Å². The van der Waals surface area contributed by atoms with E-state index in [1.54, 1.807) is 11.8 Å². The van der Waals surface area contributed by atoms with E-state index in [-0.39, 0.29) is 18.0 Å². The van der Waals surface area contributed by atoms with Gasteiger partial charge >= 0.3 is 0 Å². The average molecular weight is 353 g/mol. The Labute approximate surface area is 150 Å². The molecule has 5 nitrogen and oxygen atoms in total. The monoisotopic (exact) mass is 352 g/mol. The van der Waals surface area contributed by atoms with Crippen molar-refractivity contribution in [1.82, 2.24) is 14.8 Å². The Morgan fingerprint density at radius 1 is 1.04 bits per heavy atom. The van der Waals surface area contributed by atoms with Crippen molar-refractivity contribution in [2.45, 2.75) is 25.4 Å². The van der Waals surface area contributed by atoms with Gasteiger partial charge in [-0.15, -0.1) is 0 Å². The van der Waals surface area contributed by atoms with Crippen LogP contribution >= 0.6 is 11.6 Å². The third kappa shape index (κ3) is 2.81. The van der Waals surface area contributed by atoms with Crippen molar-refractivity contribution >= 4 is 23.5 Å². The molecule has 0 spiro atoms. The Hall–Kier alpha value is -2.66. The van der Waals surface area contributed by atoms with Crippen LogP contribution in [0, 0.1) is 0 Å². The van der Waals surface area contributed by atoms with Gasteiger partial charge in [-0.2, -0.15) is 10.1 Å². The van der Waals surface area contributed by atoms with Gasteiger partial charge in [-0.3, -0.25) is 9.69 Å². The Balaban J connectivity index is 1.83. The lowest BCUT2D eigenvalue weighted by Crippen LogP contribution is -2.41. The first kappa shape index (κ1) is 15.8. The molecule has 1 amide bonds. The normalized spacial score (nSPS) is 19.5. The summed E-state index contributed by atoms with van der Waals surface area (Å²) in [4.78, 5) is 18.4. The van der Waals surface area contributed by atoms with E-state index in [1.807, 2.05) is 59.3 Å². The largest absolute Gasteiger partial charge is 0.275 e. The molecule has 1 aromatic heterocycles. The average Bonchev–Trinajstić information content (AvgIpc) is 3.11. The highest BCUT2D eigenvalue weighted by Gasteiger charge is 2.37. The van der Waals surface area contributed by atoms with Crippen LogP contribution in [0.2, 0.25) is 5.02 Å². The molecule has 0 saturated heterocycles. The van der Waals surface area contributed by atoms with Gasteiger partial charge in [-0.05, 0) is 29.7 Å². The topological polar surface area (TPSA) is 51.0 Å². The van der Waals surface area contributed by atoms with Gasteiger partial charge in [0.05, 0.1) is 12.1 Å². The van der Waals surface area contributed by atoms with E-state index < -0.39 is 0 Å². The quantitative estimate of drug-likeness (QED) is 0.700. The van der Waals surface area contributed by atoms with Crippen molar-refractivity contribution in [2.75, 3.05) is 4.90 Å². The molecule has 0 radical (unpaired) electrons. The van der Waals surface area contributed by atoms with Crippen LogP contribution in [-0.2, 0) is 4.79 Å². The molecule has 4 rings (SSSR count). The van der Waals surface area contributed by atoms with Crippen molar-refractivity contribution < 1.29 is 4.79 Å². The van der Waals surface area contributed by atoms with Crippen LogP contribution in [0.3, 0.4) is 0 Å². The number of fused-ring (bicyclic) bond motifs is 1. The molecule has 0 saturated carbocycles. The molecule has 0 fully saturated rings. The van der Waals surface area contributed by atoms with Gasteiger partial charge in [0.15, 0.2) is 0 Å². The fourth-order valence-electron chi connectivity index (χ4n) is 3.48. The molecule has 0 aliphatic carbocycles. The Morgan fingerprint density at radius 2 is 1.72 bits per heavy atom. The van der Waals surface area contributed by atoms with Gasteiger partial charge < -0.3 is 0 Å². The van der Waals surface area contributed by atoms with E-state index >= 15 is 0 Å². The van der Waals surface area contributed by atoms with Crippen molar-refractivity contribution in [3.63, 3.8) is 0 Å². The number of nitrogens with zero attached hydrogens (tertiary/aromatic N) is 4. The van der Waals surface area contributed by atoms with E-state index in [9.17, 15) is 4.79 Å². The van der Waals surface area contributed by atoms with E-state index in [2.05, 4.69) is 10.1 Å². The molecule has 1 aliphatic rings. The lowest BCUT2D eigenvalue weighted by molar-refractivity contribution is -0.117. The number of rotatable bonds is 2. The lowest BCUT2D eigenvalue weighted by atomic mass is 9.92. The van der Waals surface area contributed by atoms with Crippen molar-refractivity contribution in [3.8, 4) is 0 Å². The highest BCUT2D eigenvalue weighted by molar-refractivity contribution is 6.30. The maximum absolute atomic E-state index is 12.4. The highest BCUT2D eigenvalue weighted by Crippen LogP contribution is 2.41. The minimum Gasteiger partial charge on any atom is -0.275 e. The molecular weight excluding hydrogens is 336 g/mol.